The van der Waals surface area contributed by atoms with Crippen molar-refractivity contribution in [2.75, 3.05) is 5.32 Å². The number of pyridine rings is 1. The lowest BCUT2D eigenvalue weighted by Crippen LogP contribution is -2.06. The maximum Gasteiger partial charge on any atom is 0.156 e. The van der Waals surface area contributed by atoms with Gasteiger partial charge in [0.05, 0.1) is 29.1 Å². The summed E-state index contributed by atoms with van der Waals surface area (Å²) in [6.07, 6.45) is 1.49. The molecule has 0 saturated heterocycles. The van der Waals surface area contributed by atoms with Gasteiger partial charge in [-0.2, -0.15) is 10.2 Å². The quantitative estimate of drug-likeness (QED) is 0.609. The number of aromatic nitrogens is 5. The Morgan fingerprint density at radius 1 is 0.923 bits per heavy atom. The first-order valence-corrected chi connectivity index (χ1v) is 8.10. The molecule has 0 aliphatic carbocycles. The third kappa shape index (κ3) is 3.32. The third-order valence-corrected chi connectivity index (χ3v) is 3.91. The minimum absolute atomic E-state index is 0.278. The number of anilines is 1. The number of rotatable bonds is 4. The number of hydrogen-bond acceptors (Lipinski definition) is 6. The van der Waals surface area contributed by atoms with E-state index >= 15 is 0 Å². The van der Waals surface area contributed by atoms with Gasteiger partial charge < -0.3 is 5.32 Å². The molecule has 7 heteroatoms. The molecule has 0 unspecified atom stereocenters. The lowest BCUT2D eigenvalue weighted by Gasteiger charge is -2.09. The fourth-order valence-corrected chi connectivity index (χ4v) is 2.55. The summed E-state index contributed by atoms with van der Waals surface area (Å²) in [4.78, 5) is 13.2. The van der Waals surface area contributed by atoms with Crippen LogP contribution in [-0.4, -0.2) is 25.1 Å². The molecule has 3 aromatic heterocycles. The van der Waals surface area contributed by atoms with Gasteiger partial charge in [-0.15, -0.1) is 0 Å². The van der Waals surface area contributed by atoms with Crippen molar-refractivity contribution in [3.05, 3.63) is 72.1 Å². The van der Waals surface area contributed by atoms with Crippen molar-refractivity contribution in [3.63, 3.8) is 0 Å². The zero-order valence-electron chi connectivity index (χ0n) is 14.0. The predicted octanol–water partition coefficient (Wildman–Crippen LogP) is 3.54. The van der Waals surface area contributed by atoms with E-state index in [1.807, 2.05) is 31.2 Å². The van der Waals surface area contributed by atoms with Gasteiger partial charge in [-0.25, -0.2) is 19.3 Å². The highest BCUT2D eigenvalue weighted by atomic mass is 19.1. The molecule has 3 heterocycles. The molecule has 1 aromatic carbocycles. The van der Waals surface area contributed by atoms with Gasteiger partial charge >= 0.3 is 0 Å². The summed E-state index contributed by atoms with van der Waals surface area (Å²) >= 11 is 0. The van der Waals surface area contributed by atoms with Gasteiger partial charge in [-0.05, 0) is 55.5 Å². The fourth-order valence-electron chi connectivity index (χ4n) is 2.55. The topological polar surface area (TPSA) is 76.5 Å². The average Bonchev–Trinajstić information content (AvgIpc) is 2.68. The molecule has 4 aromatic rings. The van der Waals surface area contributed by atoms with Crippen molar-refractivity contribution in [3.8, 4) is 11.3 Å². The second-order valence-electron chi connectivity index (χ2n) is 5.81. The summed E-state index contributed by atoms with van der Waals surface area (Å²) in [5.74, 6) is 0.334. The maximum atomic E-state index is 13.1. The maximum absolute atomic E-state index is 13.1. The Bertz CT molecular complexity index is 1050. The SMILES string of the molecule is Cc1ccc(CNc2ncnc3ccc(-c4ccc(F)cc4)nc23)nn1. The van der Waals surface area contributed by atoms with Gasteiger partial charge in [-0.1, -0.05) is 0 Å². The Labute approximate surface area is 149 Å². The Morgan fingerprint density at radius 2 is 1.77 bits per heavy atom. The molecule has 26 heavy (non-hydrogen) atoms. The number of aryl methyl sites for hydroxylation is 1. The van der Waals surface area contributed by atoms with Gasteiger partial charge in [0.25, 0.3) is 0 Å². The Kier molecular flexibility index (Phi) is 4.18. The third-order valence-electron chi connectivity index (χ3n) is 3.91. The second kappa shape index (κ2) is 6.79. The Balaban J connectivity index is 1.66. The zero-order chi connectivity index (χ0) is 17.9. The number of fused-ring (bicyclic) bond motifs is 1. The van der Waals surface area contributed by atoms with Crippen molar-refractivity contribution in [1.29, 1.82) is 0 Å². The second-order valence-corrected chi connectivity index (χ2v) is 5.81. The summed E-state index contributed by atoms with van der Waals surface area (Å²) in [6.45, 7) is 2.37. The van der Waals surface area contributed by atoms with Gasteiger partial charge in [0, 0.05) is 5.56 Å². The Hall–Kier alpha value is -3.48. The van der Waals surface area contributed by atoms with Crippen molar-refractivity contribution in [2.24, 2.45) is 0 Å². The molecule has 4 rings (SSSR count). The number of nitrogens with zero attached hydrogens (tertiary/aromatic N) is 5. The van der Waals surface area contributed by atoms with E-state index in [2.05, 4.69) is 30.5 Å². The van der Waals surface area contributed by atoms with Crippen LogP contribution >= 0.6 is 0 Å². The minimum Gasteiger partial charge on any atom is -0.362 e. The normalized spacial score (nSPS) is 10.8. The summed E-state index contributed by atoms with van der Waals surface area (Å²) in [5.41, 5.74) is 4.60. The van der Waals surface area contributed by atoms with Crippen LogP contribution in [0, 0.1) is 12.7 Å². The van der Waals surface area contributed by atoms with Crippen LogP contribution in [0.1, 0.15) is 11.4 Å². The van der Waals surface area contributed by atoms with Crippen LogP contribution in [0.2, 0.25) is 0 Å². The summed E-state index contributed by atoms with van der Waals surface area (Å²) in [7, 11) is 0. The first-order valence-electron chi connectivity index (χ1n) is 8.10. The highest BCUT2D eigenvalue weighted by molar-refractivity contribution is 5.86. The molecule has 0 bridgehead atoms. The lowest BCUT2D eigenvalue weighted by atomic mass is 10.1. The van der Waals surface area contributed by atoms with Gasteiger partial charge in [0.2, 0.25) is 0 Å². The smallest absolute Gasteiger partial charge is 0.156 e. The minimum atomic E-state index is -0.278. The van der Waals surface area contributed by atoms with Crippen LogP contribution in [0.15, 0.2) is 54.9 Å². The van der Waals surface area contributed by atoms with E-state index < -0.39 is 0 Å². The summed E-state index contributed by atoms with van der Waals surface area (Å²) in [5, 5.41) is 11.4. The number of halogens is 1. The molecular weight excluding hydrogens is 331 g/mol. The van der Waals surface area contributed by atoms with Crippen LogP contribution < -0.4 is 5.32 Å². The van der Waals surface area contributed by atoms with Gasteiger partial charge in [-0.3, -0.25) is 0 Å². The zero-order valence-corrected chi connectivity index (χ0v) is 14.0. The fraction of sp³-hybridized carbons (Fsp3) is 0.105. The number of benzene rings is 1. The summed E-state index contributed by atoms with van der Waals surface area (Å²) < 4.78 is 13.1. The molecule has 0 amide bonds. The van der Waals surface area contributed by atoms with Crippen molar-refractivity contribution in [2.45, 2.75) is 13.5 Å². The number of nitrogens with one attached hydrogen (secondary N) is 1. The lowest BCUT2D eigenvalue weighted by molar-refractivity contribution is 0.628. The van der Waals surface area contributed by atoms with Crippen LogP contribution in [-0.2, 0) is 6.54 Å². The molecular formula is C19H15FN6. The van der Waals surface area contributed by atoms with Crippen LogP contribution in [0.3, 0.4) is 0 Å². The molecule has 0 spiro atoms. The van der Waals surface area contributed by atoms with Crippen LogP contribution in [0.5, 0.6) is 0 Å². The number of hydrogen-bond donors (Lipinski definition) is 1. The molecule has 0 saturated carbocycles. The van der Waals surface area contributed by atoms with E-state index in [1.165, 1.54) is 18.5 Å². The van der Waals surface area contributed by atoms with E-state index in [0.717, 1.165) is 28.2 Å². The average molecular weight is 346 g/mol. The van der Waals surface area contributed by atoms with E-state index in [1.54, 1.807) is 12.1 Å². The molecule has 128 valence electrons. The first-order chi connectivity index (χ1) is 12.7. The summed E-state index contributed by atoms with van der Waals surface area (Å²) in [6, 6.07) is 13.8. The van der Waals surface area contributed by atoms with Crippen molar-refractivity contribution >= 4 is 16.9 Å². The Morgan fingerprint density at radius 3 is 2.54 bits per heavy atom. The van der Waals surface area contributed by atoms with Crippen molar-refractivity contribution < 1.29 is 4.39 Å². The van der Waals surface area contributed by atoms with Crippen LogP contribution in [0.4, 0.5) is 10.2 Å². The van der Waals surface area contributed by atoms with E-state index in [-0.39, 0.29) is 5.82 Å². The molecule has 0 fully saturated rings. The molecule has 1 N–H and O–H groups in total. The standard InChI is InChI=1S/C19H15FN6/c1-12-2-7-15(26-25-12)10-21-19-18-17(22-11-23-19)9-8-16(24-18)13-3-5-14(20)6-4-13/h2-9,11H,10H2,1H3,(H,21,22,23). The first kappa shape index (κ1) is 16.0. The highest BCUT2D eigenvalue weighted by Gasteiger charge is 2.08. The largest absolute Gasteiger partial charge is 0.362 e. The van der Waals surface area contributed by atoms with E-state index in [4.69, 9.17) is 0 Å². The molecule has 0 radical (unpaired) electrons. The van der Waals surface area contributed by atoms with Crippen LogP contribution in [0.25, 0.3) is 22.3 Å². The predicted molar refractivity (Wildman–Crippen MR) is 96.8 cm³/mol. The molecule has 6 nitrogen and oxygen atoms in total. The van der Waals surface area contributed by atoms with E-state index in [9.17, 15) is 4.39 Å². The molecule has 0 aliphatic rings. The van der Waals surface area contributed by atoms with Gasteiger partial charge in [0.15, 0.2) is 5.82 Å². The van der Waals surface area contributed by atoms with Crippen molar-refractivity contribution in [1.82, 2.24) is 25.1 Å². The highest BCUT2D eigenvalue weighted by Crippen LogP contribution is 2.23. The molecule has 0 aliphatic heterocycles. The molecule has 0 atom stereocenters. The monoisotopic (exact) mass is 346 g/mol. The van der Waals surface area contributed by atoms with E-state index in [0.29, 0.717) is 17.9 Å². The van der Waals surface area contributed by atoms with Gasteiger partial charge in [0.1, 0.15) is 17.7 Å².